The number of hydrogen-bond donors (Lipinski definition) is 1. The number of aryl methyl sites for hydroxylation is 1. The monoisotopic (exact) mass is 300 g/mol. The first-order valence-corrected chi connectivity index (χ1v) is 5.96. The van der Waals surface area contributed by atoms with Gasteiger partial charge < -0.3 is 9.84 Å². The smallest absolute Gasteiger partial charge is 0.417 e. The highest BCUT2D eigenvalue weighted by molar-refractivity contribution is 5.89. The molecule has 0 aliphatic rings. The van der Waals surface area contributed by atoms with Crippen LogP contribution in [0.25, 0.3) is 0 Å². The maximum absolute atomic E-state index is 12.9. The molecule has 0 radical (unpaired) electrons. The van der Waals surface area contributed by atoms with Crippen molar-refractivity contribution in [3.05, 3.63) is 41.7 Å². The molecule has 0 bridgehead atoms. The Balaban J connectivity index is 2.35. The lowest BCUT2D eigenvalue weighted by molar-refractivity contribution is -0.138. The number of nitrogens with zero attached hydrogens (tertiary/aromatic N) is 2. The normalized spacial score (nSPS) is 11.4. The summed E-state index contributed by atoms with van der Waals surface area (Å²) in [4.78, 5) is 10.8. The Hall–Kier alpha value is -2.51. The summed E-state index contributed by atoms with van der Waals surface area (Å²) in [5.74, 6) is -1.48. The fourth-order valence-electron chi connectivity index (χ4n) is 1.71. The number of halogens is 3. The first-order valence-electron chi connectivity index (χ1n) is 5.96. The largest absolute Gasteiger partial charge is 0.478 e. The van der Waals surface area contributed by atoms with E-state index in [1.54, 1.807) is 4.68 Å². The van der Waals surface area contributed by atoms with Crippen LogP contribution in [0.2, 0.25) is 0 Å². The molecule has 21 heavy (non-hydrogen) atoms. The highest BCUT2D eigenvalue weighted by atomic mass is 19.4. The second-order valence-electron chi connectivity index (χ2n) is 4.14. The lowest BCUT2D eigenvalue weighted by Gasteiger charge is -2.12. The molecule has 1 N–H and O–H groups in total. The standard InChI is InChI=1S/C13H11F3N2O3/c1-2-18-7-9(6-17-18)21-8-3-4-10(12(19)20)11(5-8)13(14,15)16/h3-7H,2H2,1H3,(H,19,20). The Kier molecular flexibility index (Phi) is 3.88. The molecule has 0 saturated heterocycles. The highest BCUT2D eigenvalue weighted by Crippen LogP contribution is 2.35. The van der Waals surface area contributed by atoms with Gasteiger partial charge in [-0.3, -0.25) is 4.68 Å². The van der Waals surface area contributed by atoms with Crippen molar-refractivity contribution in [1.29, 1.82) is 0 Å². The van der Waals surface area contributed by atoms with E-state index >= 15 is 0 Å². The summed E-state index contributed by atoms with van der Waals surface area (Å²) in [6.07, 6.45) is -1.89. The van der Waals surface area contributed by atoms with Crippen molar-refractivity contribution in [2.75, 3.05) is 0 Å². The topological polar surface area (TPSA) is 64.3 Å². The SMILES string of the molecule is CCn1cc(Oc2ccc(C(=O)O)c(C(F)(F)F)c2)cn1. The predicted octanol–water partition coefficient (Wildman–Crippen LogP) is 3.41. The van der Waals surface area contributed by atoms with Crippen molar-refractivity contribution in [3.63, 3.8) is 0 Å². The summed E-state index contributed by atoms with van der Waals surface area (Å²) in [5, 5.41) is 12.7. The molecule has 5 nitrogen and oxygen atoms in total. The summed E-state index contributed by atoms with van der Waals surface area (Å²) in [6, 6.07) is 2.69. The van der Waals surface area contributed by atoms with Gasteiger partial charge in [0.05, 0.1) is 23.5 Å². The fourth-order valence-corrected chi connectivity index (χ4v) is 1.71. The van der Waals surface area contributed by atoms with E-state index in [1.807, 2.05) is 6.92 Å². The Morgan fingerprint density at radius 1 is 1.38 bits per heavy atom. The van der Waals surface area contributed by atoms with Gasteiger partial charge in [0.15, 0.2) is 5.75 Å². The van der Waals surface area contributed by atoms with Crippen LogP contribution in [0.15, 0.2) is 30.6 Å². The molecule has 112 valence electrons. The van der Waals surface area contributed by atoms with E-state index in [-0.39, 0.29) is 11.5 Å². The molecule has 1 aromatic heterocycles. The molecule has 1 aromatic carbocycles. The summed E-state index contributed by atoms with van der Waals surface area (Å²) in [5.41, 5.74) is -2.07. The number of alkyl halides is 3. The van der Waals surface area contributed by atoms with Crippen LogP contribution in [0.1, 0.15) is 22.8 Å². The zero-order valence-corrected chi connectivity index (χ0v) is 10.9. The second-order valence-corrected chi connectivity index (χ2v) is 4.14. The molecule has 2 rings (SSSR count). The average molecular weight is 300 g/mol. The third-order valence-electron chi connectivity index (χ3n) is 2.70. The molecule has 0 aliphatic heterocycles. The number of aromatic nitrogens is 2. The Bertz CT molecular complexity index is 665. The molecule has 0 unspecified atom stereocenters. The van der Waals surface area contributed by atoms with Crippen LogP contribution in [-0.4, -0.2) is 20.9 Å². The van der Waals surface area contributed by atoms with Gasteiger partial charge in [-0.1, -0.05) is 0 Å². The van der Waals surface area contributed by atoms with Gasteiger partial charge in [-0.25, -0.2) is 4.79 Å². The van der Waals surface area contributed by atoms with E-state index in [0.717, 1.165) is 6.07 Å². The fraction of sp³-hybridized carbons (Fsp3) is 0.231. The van der Waals surface area contributed by atoms with E-state index < -0.39 is 23.3 Å². The first-order chi connectivity index (χ1) is 9.81. The Labute approximate surface area is 117 Å². The Morgan fingerprint density at radius 3 is 2.62 bits per heavy atom. The molecule has 0 fully saturated rings. The molecule has 0 amide bonds. The van der Waals surface area contributed by atoms with Crippen molar-refractivity contribution < 1.29 is 27.8 Å². The molecule has 8 heteroatoms. The lowest BCUT2D eigenvalue weighted by Crippen LogP contribution is -2.12. The zero-order valence-electron chi connectivity index (χ0n) is 10.9. The van der Waals surface area contributed by atoms with Crippen LogP contribution in [0.5, 0.6) is 11.5 Å². The van der Waals surface area contributed by atoms with E-state index in [0.29, 0.717) is 12.6 Å². The van der Waals surface area contributed by atoms with Gasteiger partial charge in [0.2, 0.25) is 0 Å². The molecular formula is C13H11F3N2O3. The summed E-state index contributed by atoms with van der Waals surface area (Å²) in [7, 11) is 0. The second kappa shape index (κ2) is 5.47. The number of rotatable bonds is 4. The van der Waals surface area contributed by atoms with Gasteiger partial charge >= 0.3 is 12.1 Å². The number of benzene rings is 1. The number of carboxylic acid groups (broad SMARTS) is 1. The summed E-state index contributed by atoms with van der Waals surface area (Å²) in [6.45, 7) is 2.44. The quantitative estimate of drug-likeness (QED) is 0.939. The number of carboxylic acids is 1. The van der Waals surface area contributed by atoms with Gasteiger partial charge in [-0.2, -0.15) is 18.3 Å². The average Bonchev–Trinajstić information content (AvgIpc) is 2.85. The van der Waals surface area contributed by atoms with Gasteiger partial charge in [0.25, 0.3) is 0 Å². The summed E-state index contributed by atoms with van der Waals surface area (Å²) < 4.78 is 45.4. The van der Waals surface area contributed by atoms with Gasteiger partial charge in [-0.15, -0.1) is 0 Å². The molecule has 2 aromatic rings. The highest BCUT2D eigenvalue weighted by Gasteiger charge is 2.35. The number of ether oxygens (including phenoxy) is 1. The number of carbonyl (C=O) groups is 1. The lowest BCUT2D eigenvalue weighted by atomic mass is 10.1. The van der Waals surface area contributed by atoms with Crippen LogP contribution in [0, 0.1) is 0 Å². The minimum Gasteiger partial charge on any atom is -0.478 e. The van der Waals surface area contributed by atoms with E-state index in [9.17, 15) is 18.0 Å². The molecule has 0 aliphatic carbocycles. The van der Waals surface area contributed by atoms with Gasteiger partial charge in [0, 0.05) is 6.54 Å². The van der Waals surface area contributed by atoms with Crippen LogP contribution < -0.4 is 4.74 Å². The van der Waals surface area contributed by atoms with Crippen molar-refractivity contribution in [2.24, 2.45) is 0 Å². The maximum Gasteiger partial charge on any atom is 0.417 e. The molecular weight excluding hydrogens is 289 g/mol. The first kappa shape index (κ1) is 14.9. The molecule has 0 saturated carbocycles. The number of hydrogen-bond acceptors (Lipinski definition) is 3. The van der Waals surface area contributed by atoms with Crippen LogP contribution >= 0.6 is 0 Å². The van der Waals surface area contributed by atoms with E-state index in [2.05, 4.69) is 5.10 Å². The van der Waals surface area contributed by atoms with E-state index in [1.165, 1.54) is 18.5 Å². The number of aromatic carboxylic acids is 1. The van der Waals surface area contributed by atoms with E-state index in [4.69, 9.17) is 9.84 Å². The van der Waals surface area contributed by atoms with Crippen molar-refractivity contribution in [2.45, 2.75) is 19.6 Å². The minimum atomic E-state index is -4.78. The van der Waals surface area contributed by atoms with Crippen LogP contribution in [0.3, 0.4) is 0 Å². The molecule has 0 spiro atoms. The maximum atomic E-state index is 12.9. The van der Waals surface area contributed by atoms with Gasteiger partial charge in [-0.05, 0) is 25.1 Å². The van der Waals surface area contributed by atoms with Crippen LogP contribution in [0.4, 0.5) is 13.2 Å². The predicted molar refractivity (Wildman–Crippen MR) is 66.4 cm³/mol. The third-order valence-corrected chi connectivity index (χ3v) is 2.70. The Morgan fingerprint density at radius 2 is 2.10 bits per heavy atom. The van der Waals surface area contributed by atoms with Crippen molar-refractivity contribution in [3.8, 4) is 11.5 Å². The third kappa shape index (κ3) is 3.33. The zero-order chi connectivity index (χ0) is 15.6. The summed E-state index contributed by atoms with van der Waals surface area (Å²) >= 11 is 0. The van der Waals surface area contributed by atoms with Crippen LogP contribution in [-0.2, 0) is 12.7 Å². The van der Waals surface area contributed by atoms with Crippen molar-refractivity contribution in [1.82, 2.24) is 9.78 Å². The molecule has 0 atom stereocenters. The van der Waals surface area contributed by atoms with Gasteiger partial charge in [0.1, 0.15) is 5.75 Å². The van der Waals surface area contributed by atoms with Crippen molar-refractivity contribution >= 4 is 5.97 Å². The molecule has 1 heterocycles. The minimum absolute atomic E-state index is 0.108.